The van der Waals surface area contributed by atoms with Crippen LogP contribution in [0.2, 0.25) is 5.02 Å². The first kappa shape index (κ1) is 27.4. The quantitative estimate of drug-likeness (QED) is 0.292. The minimum absolute atomic E-state index is 0.0259. The van der Waals surface area contributed by atoms with E-state index in [0.717, 1.165) is 11.1 Å². The van der Waals surface area contributed by atoms with Crippen molar-refractivity contribution in [2.75, 3.05) is 13.7 Å². The molecule has 198 valence electrons. The van der Waals surface area contributed by atoms with Gasteiger partial charge in [0, 0.05) is 29.7 Å². The Balaban J connectivity index is 1.89. The zero-order chi connectivity index (χ0) is 27.3. The predicted octanol–water partition coefficient (Wildman–Crippen LogP) is 6.08. The molecule has 0 radical (unpaired) electrons. The Hall–Kier alpha value is -3.61. The first-order chi connectivity index (χ1) is 18.3. The lowest BCUT2D eigenvalue weighted by Gasteiger charge is -2.48. The lowest BCUT2D eigenvalue weighted by molar-refractivity contribution is -0.155. The smallest absolute Gasteiger partial charge is 0.333 e. The fraction of sp³-hybridized carbons (Fsp3) is 0.290. The Labute approximate surface area is 227 Å². The molecule has 6 nitrogen and oxygen atoms in total. The topological polar surface area (TPSA) is 95.9 Å². The summed E-state index contributed by atoms with van der Waals surface area (Å²) in [5.41, 5.74) is 1.60. The molecule has 1 aliphatic rings. The Morgan fingerprint density at radius 1 is 0.974 bits per heavy atom. The Morgan fingerprint density at radius 2 is 1.58 bits per heavy atom. The molecule has 4 rings (SSSR count). The van der Waals surface area contributed by atoms with E-state index in [4.69, 9.17) is 16.3 Å². The van der Waals surface area contributed by atoms with E-state index in [1.54, 1.807) is 31.2 Å². The van der Waals surface area contributed by atoms with Crippen molar-refractivity contribution < 1.29 is 24.5 Å². The van der Waals surface area contributed by atoms with Gasteiger partial charge >= 0.3 is 11.9 Å². The van der Waals surface area contributed by atoms with Gasteiger partial charge in [-0.25, -0.2) is 4.79 Å². The highest BCUT2D eigenvalue weighted by Gasteiger charge is 2.57. The maximum absolute atomic E-state index is 13.4. The highest BCUT2D eigenvalue weighted by atomic mass is 35.5. The zero-order valence-electron chi connectivity index (χ0n) is 21.4. The summed E-state index contributed by atoms with van der Waals surface area (Å²) in [5.74, 6) is -3.28. The number of rotatable bonds is 10. The highest BCUT2D eigenvalue weighted by Crippen LogP contribution is 2.52. The Morgan fingerprint density at radius 3 is 2.08 bits per heavy atom. The van der Waals surface area contributed by atoms with Crippen LogP contribution in [0.5, 0.6) is 0 Å². The summed E-state index contributed by atoms with van der Waals surface area (Å²) < 4.78 is 5.49. The van der Waals surface area contributed by atoms with Crippen molar-refractivity contribution in [1.29, 1.82) is 0 Å². The van der Waals surface area contributed by atoms with Gasteiger partial charge in [0.05, 0.1) is 18.2 Å². The van der Waals surface area contributed by atoms with Crippen LogP contribution < -0.4 is 5.32 Å². The van der Waals surface area contributed by atoms with Crippen LogP contribution in [0.15, 0.2) is 96.2 Å². The number of hydrogen-bond acceptors (Lipinski definition) is 4. The van der Waals surface area contributed by atoms with Gasteiger partial charge in [-0.2, -0.15) is 0 Å². The summed E-state index contributed by atoms with van der Waals surface area (Å²) in [7, 11) is 1.52. The van der Waals surface area contributed by atoms with E-state index in [-0.39, 0.29) is 24.5 Å². The fourth-order valence-corrected chi connectivity index (χ4v) is 6.11. The maximum Gasteiger partial charge on any atom is 0.333 e. The molecule has 1 heterocycles. The number of nitrogens with one attached hydrogen (secondary N) is 1. The molecule has 3 atom stereocenters. The van der Waals surface area contributed by atoms with Crippen molar-refractivity contribution >= 4 is 23.5 Å². The number of carboxylic acids is 2. The number of benzene rings is 3. The summed E-state index contributed by atoms with van der Waals surface area (Å²) in [6.45, 7) is 1.76. The molecule has 0 saturated carbocycles. The molecule has 7 heteroatoms. The van der Waals surface area contributed by atoms with Gasteiger partial charge in [0.15, 0.2) is 0 Å². The molecule has 0 bridgehead atoms. The first-order valence-corrected chi connectivity index (χ1v) is 13.0. The highest BCUT2D eigenvalue weighted by molar-refractivity contribution is 6.30. The normalized spacial score (nSPS) is 21.3. The van der Waals surface area contributed by atoms with Crippen LogP contribution in [-0.4, -0.2) is 41.9 Å². The average molecular weight is 534 g/mol. The molecule has 1 aliphatic heterocycles. The van der Waals surface area contributed by atoms with E-state index in [2.05, 4.69) is 5.32 Å². The van der Waals surface area contributed by atoms with Gasteiger partial charge in [0.1, 0.15) is 5.41 Å². The fourth-order valence-electron chi connectivity index (χ4n) is 5.91. The summed E-state index contributed by atoms with van der Waals surface area (Å²) in [6.07, 6.45) is 0.671. The zero-order valence-corrected chi connectivity index (χ0v) is 22.2. The maximum atomic E-state index is 13.4. The molecule has 3 unspecified atom stereocenters. The van der Waals surface area contributed by atoms with Crippen LogP contribution in [-0.2, 0) is 14.3 Å². The summed E-state index contributed by atoms with van der Waals surface area (Å²) >= 11 is 6.33. The van der Waals surface area contributed by atoms with Gasteiger partial charge in [-0.05, 0) is 48.6 Å². The van der Waals surface area contributed by atoms with Crippen molar-refractivity contribution in [3.63, 3.8) is 0 Å². The van der Waals surface area contributed by atoms with E-state index < -0.39 is 29.3 Å². The van der Waals surface area contributed by atoms with Gasteiger partial charge in [0.25, 0.3) is 0 Å². The average Bonchev–Trinajstić information content (AvgIpc) is 2.90. The summed E-state index contributed by atoms with van der Waals surface area (Å²) in [4.78, 5) is 26.1. The Kier molecular flexibility index (Phi) is 8.55. The largest absolute Gasteiger partial charge is 0.481 e. The van der Waals surface area contributed by atoms with Crippen LogP contribution in [0.3, 0.4) is 0 Å². The third-order valence-corrected chi connectivity index (χ3v) is 7.85. The van der Waals surface area contributed by atoms with E-state index in [1.165, 1.54) is 7.11 Å². The third-order valence-electron chi connectivity index (χ3n) is 7.61. The van der Waals surface area contributed by atoms with Gasteiger partial charge in [-0.1, -0.05) is 84.4 Å². The molecule has 3 aromatic rings. The van der Waals surface area contributed by atoms with Crippen molar-refractivity contribution in [1.82, 2.24) is 5.32 Å². The molecule has 0 saturated heterocycles. The molecule has 0 aromatic heterocycles. The lowest BCUT2D eigenvalue weighted by Crippen LogP contribution is -2.59. The van der Waals surface area contributed by atoms with E-state index >= 15 is 0 Å². The Bertz CT molecular complexity index is 1270. The van der Waals surface area contributed by atoms with Gasteiger partial charge in [0.2, 0.25) is 0 Å². The van der Waals surface area contributed by atoms with Crippen molar-refractivity contribution in [3.8, 4) is 0 Å². The number of carboxylic acid groups (broad SMARTS) is 2. The first-order valence-electron chi connectivity index (χ1n) is 12.6. The second-order valence-electron chi connectivity index (χ2n) is 9.74. The minimum atomic E-state index is -1.53. The van der Waals surface area contributed by atoms with Crippen LogP contribution in [0, 0.1) is 5.41 Å². The molecule has 3 N–H and O–H groups in total. The van der Waals surface area contributed by atoms with Gasteiger partial charge in [-0.3, -0.25) is 4.79 Å². The van der Waals surface area contributed by atoms with Crippen molar-refractivity contribution in [2.45, 2.75) is 37.6 Å². The van der Waals surface area contributed by atoms with Crippen LogP contribution in [0.25, 0.3) is 0 Å². The van der Waals surface area contributed by atoms with Gasteiger partial charge in [-0.15, -0.1) is 0 Å². The monoisotopic (exact) mass is 533 g/mol. The SMILES string of the molecule is COCC1NC(C)=C(C(=O)O)C(c2cccc(Cl)c2)C1(CCC(c1ccccc1)c1ccccc1)C(=O)O. The molecule has 0 amide bonds. The standard InChI is InChI=1S/C31H32ClNO5/c1-20-27(29(34)35)28(23-14-9-15-24(32)18-23)31(30(36)37,26(33-20)19-38-2)17-16-25(21-10-5-3-6-11-21)22-12-7-4-8-13-22/h3-15,18,25-26,28,33H,16-17,19H2,1-2H3,(H,34,35)(H,36,37). The predicted molar refractivity (Wildman–Crippen MR) is 147 cm³/mol. The second kappa shape index (κ2) is 11.8. The number of halogens is 1. The van der Waals surface area contributed by atoms with E-state index in [1.807, 2.05) is 60.7 Å². The van der Waals surface area contributed by atoms with Gasteiger partial charge < -0.3 is 20.3 Å². The molecule has 0 fully saturated rings. The van der Waals surface area contributed by atoms with E-state index in [0.29, 0.717) is 22.7 Å². The molecular weight excluding hydrogens is 502 g/mol. The van der Waals surface area contributed by atoms with Crippen LogP contribution in [0.4, 0.5) is 0 Å². The number of allylic oxidation sites excluding steroid dienone is 1. The van der Waals surface area contributed by atoms with Crippen molar-refractivity contribution in [3.05, 3.63) is 118 Å². The molecule has 38 heavy (non-hydrogen) atoms. The number of ether oxygens (including phenoxy) is 1. The molecule has 0 aliphatic carbocycles. The van der Waals surface area contributed by atoms with Crippen molar-refractivity contribution in [2.24, 2.45) is 5.41 Å². The van der Waals surface area contributed by atoms with Crippen LogP contribution in [0.1, 0.15) is 48.3 Å². The molecule has 3 aromatic carbocycles. The lowest BCUT2D eigenvalue weighted by atomic mass is 9.59. The van der Waals surface area contributed by atoms with E-state index in [9.17, 15) is 19.8 Å². The molecule has 0 spiro atoms. The number of carbonyl (C=O) groups is 2. The summed E-state index contributed by atoms with van der Waals surface area (Å²) in [5, 5.41) is 24.9. The number of aliphatic carboxylic acids is 2. The third kappa shape index (κ3) is 5.33. The van der Waals surface area contributed by atoms with Crippen LogP contribution >= 0.6 is 11.6 Å². The minimum Gasteiger partial charge on any atom is -0.481 e. The molecular formula is C31H32ClNO5. The number of hydrogen-bond donors (Lipinski definition) is 3. The summed E-state index contributed by atoms with van der Waals surface area (Å²) in [6, 6.07) is 26.1. The number of methoxy groups -OCH3 is 1. The second-order valence-corrected chi connectivity index (χ2v) is 10.2.